The number of benzene rings is 2. The minimum Gasteiger partial charge on any atom is -0.380 e. The van der Waals surface area contributed by atoms with Gasteiger partial charge in [-0.05, 0) is 46.4 Å². The summed E-state index contributed by atoms with van der Waals surface area (Å²) in [4.78, 5) is 0.732. The Hall–Kier alpha value is -1.23. The van der Waals surface area contributed by atoms with Crippen molar-refractivity contribution < 1.29 is 9.50 Å². The molecular formula is C16H12BrFOS. The Morgan fingerprint density at radius 2 is 1.90 bits per heavy atom. The van der Waals surface area contributed by atoms with Gasteiger partial charge in [0.15, 0.2) is 0 Å². The predicted octanol–water partition coefficient (Wildman–Crippen LogP) is 5.06. The quantitative estimate of drug-likeness (QED) is 0.684. The van der Waals surface area contributed by atoms with Gasteiger partial charge in [0.2, 0.25) is 0 Å². The third kappa shape index (κ3) is 2.18. The van der Waals surface area contributed by atoms with Gasteiger partial charge in [-0.2, -0.15) is 0 Å². The lowest BCUT2D eigenvalue weighted by Gasteiger charge is -2.23. The second-order valence-corrected chi connectivity index (χ2v) is 6.76. The summed E-state index contributed by atoms with van der Waals surface area (Å²) in [5, 5.41) is 11.9. The normalized spacial score (nSPS) is 14.4. The van der Waals surface area contributed by atoms with Crippen molar-refractivity contribution in [3.8, 4) is 0 Å². The molecule has 0 aliphatic rings. The molecule has 0 saturated carbocycles. The van der Waals surface area contributed by atoms with Crippen molar-refractivity contribution in [2.75, 3.05) is 0 Å². The standard InChI is InChI=1S/C16H12BrFOS/c1-16(19,11-6-4-7-12(17)15(11)18)14-9-10-5-2-3-8-13(10)20-14/h2-9,19H,1H3. The van der Waals surface area contributed by atoms with Crippen LogP contribution in [-0.4, -0.2) is 5.11 Å². The van der Waals surface area contributed by atoms with Crippen LogP contribution in [0.3, 0.4) is 0 Å². The molecule has 0 fully saturated rings. The number of fused-ring (bicyclic) bond motifs is 1. The molecule has 2 aromatic carbocycles. The predicted molar refractivity (Wildman–Crippen MR) is 84.6 cm³/mol. The molecule has 20 heavy (non-hydrogen) atoms. The summed E-state index contributed by atoms with van der Waals surface area (Å²) in [5.74, 6) is -0.421. The van der Waals surface area contributed by atoms with Crippen LogP contribution in [0.2, 0.25) is 0 Å². The first-order chi connectivity index (χ1) is 9.50. The maximum atomic E-state index is 14.2. The van der Waals surface area contributed by atoms with Crippen LogP contribution in [0.4, 0.5) is 4.39 Å². The van der Waals surface area contributed by atoms with E-state index < -0.39 is 11.4 Å². The van der Waals surface area contributed by atoms with E-state index in [0.717, 1.165) is 15.0 Å². The fourth-order valence-corrected chi connectivity index (χ4v) is 3.72. The lowest BCUT2D eigenvalue weighted by Crippen LogP contribution is -2.23. The molecule has 0 radical (unpaired) electrons. The van der Waals surface area contributed by atoms with Gasteiger partial charge in [-0.1, -0.05) is 30.3 Å². The van der Waals surface area contributed by atoms with Crippen LogP contribution in [0.5, 0.6) is 0 Å². The molecule has 1 heterocycles. The first-order valence-electron chi connectivity index (χ1n) is 6.16. The molecule has 1 unspecified atom stereocenters. The van der Waals surface area contributed by atoms with Crippen LogP contribution in [0.25, 0.3) is 10.1 Å². The van der Waals surface area contributed by atoms with Gasteiger partial charge in [0.1, 0.15) is 11.4 Å². The van der Waals surface area contributed by atoms with Gasteiger partial charge >= 0.3 is 0 Å². The number of halogens is 2. The molecule has 4 heteroatoms. The van der Waals surface area contributed by atoms with Crippen LogP contribution < -0.4 is 0 Å². The van der Waals surface area contributed by atoms with Crippen molar-refractivity contribution in [1.82, 2.24) is 0 Å². The number of rotatable bonds is 2. The molecule has 0 amide bonds. The molecule has 1 atom stereocenters. The van der Waals surface area contributed by atoms with Crippen molar-refractivity contribution in [2.45, 2.75) is 12.5 Å². The smallest absolute Gasteiger partial charge is 0.143 e. The van der Waals surface area contributed by atoms with Gasteiger partial charge in [0.05, 0.1) is 4.47 Å². The third-order valence-electron chi connectivity index (χ3n) is 3.38. The Morgan fingerprint density at radius 3 is 2.65 bits per heavy atom. The number of hydrogen-bond donors (Lipinski definition) is 1. The third-order valence-corrected chi connectivity index (χ3v) is 5.32. The van der Waals surface area contributed by atoms with Gasteiger partial charge in [-0.3, -0.25) is 0 Å². The number of aliphatic hydroxyl groups is 1. The van der Waals surface area contributed by atoms with E-state index in [1.165, 1.54) is 11.3 Å². The zero-order chi connectivity index (χ0) is 14.3. The van der Waals surface area contributed by atoms with E-state index in [2.05, 4.69) is 15.9 Å². The summed E-state index contributed by atoms with van der Waals surface area (Å²) in [5.41, 5.74) is -1.07. The number of hydrogen-bond acceptors (Lipinski definition) is 2. The summed E-state index contributed by atoms with van der Waals surface area (Å²) < 4.78 is 15.7. The van der Waals surface area contributed by atoms with E-state index >= 15 is 0 Å². The largest absolute Gasteiger partial charge is 0.380 e. The van der Waals surface area contributed by atoms with E-state index in [1.54, 1.807) is 25.1 Å². The molecule has 1 nitrogen and oxygen atoms in total. The summed E-state index contributed by atoms with van der Waals surface area (Å²) in [6.45, 7) is 1.63. The van der Waals surface area contributed by atoms with Crippen LogP contribution in [0.1, 0.15) is 17.4 Å². The average molecular weight is 351 g/mol. The average Bonchev–Trinajstić information content (AvgIpc) is 2.86. The molecule has 0 aliphatic carbocycles. The van der Waals surface area contributed by atoms with Gasteiger partial charge in [-0.15, -0.1) is 11.3 Å². The van der Waals surface area contributed by atoms with Gasteiger partial charge in [0.25, 0.3) is 0 Å². The minimum absolute atomic E-state index is 0.276. The highest BCUT2D eigenvalue weighted by Gasteiger charge is 2.31. The Balaban J connectivity index is 2.17. The molecule has 0 bridgehead atoms. The highest BCUT2D eigenvalue weighted by Crippen LogP contribution is 2.39. The fraction of sp³-hybridized carbons (Fsp3) is 0.125. The van der Waals surface area contributed by atoms with Crippen LogP contribution in [0, 0.1) is 5.82 Å². The van der Waals surface area contributed by atoms with E-state index in [9.17, 15) is 9.50 Å². The molecular weight excluding hydrogens is 339 g/mol. The Labute approximate surface area is 128 Å². The monoisotopic (exact) mass is 350 g/mol. The second kappa shape index (κ2) is 4.95. The van der Waals surface area contributed by atoms with E-state index in [-0.39, 0.29) is 5.56 Å². The molecule has 3 aromatic rings. The van der Waals surface area contributed by atoms with Crippen molar-refractivity contribution in [1.29, 1.82) is 0 Å². The molecule has 3 rings (SSSR count). The summed E-state index contributed by atoms with van der Waals surface area (Å²) in [7, 11) is 0. The summed E-state index contributed by atoms with van der Waals surface area (Å²) in [6, 6.07) is 14.8. The van der Waals surface area contributed by atoms with Crippen LogP contribution in [0.15, 0.2) is 53.0 Å². The highest BCUT2D eigenvalue weighted by atomic mass is 79.9. The van der Waals surface area contributed by atoms with Crippen molar-refractivity contribution in [3.05, 3.63) is 69.3 Å². The first kappa shape index (κ1) is 13.7. The molecule has 1 aromatic heterocycles. The van der Waals surface area contributed by atoms with Gasteiger partial charge in [0, 0.05) is 15.1 Å². The van der Waals surface area contributed by atoms with Gasteiger partial charge < -0.3 is 5.11 Å². The van der Waals surface area contributed by atoms with Crippen molar-refractivity contribution in [3.63, 3.8) is 0 Å². The zero-order valence-electron chi connectivity index (χ0n) is 10.7. The van der Waals surface area contributed by atoms with E-state index in [0.29, 0.717) is 4.47 Å². The zero-order valence-corrected chi connectivity index (χ0v) is 13.1. The molecule has 102 valence electrons. The van der Waals surface area contributed by atoms with Gasteiger partial charge in [-0.25, -0.2) is 4.39 Å². The second-order valence-electron chi connectivity index (χ2n) is 4.82. The molecule has 1 N–H and O–H groups in total. The van der Waals surface area contributed by atoms with Crippen molar-refractivity contribution in [2.24, 2.45) is 0 Å². The fourth-order valence-electron chi connectivity index (χ4n) is 2.23. The Morgan fingerprint density at radius 1 is 1.15 bits per heavy atom. The maximum absolute atomic E-state index is 14.2. The van der Waals surface area contributed by atoms with Crippen LogP contribution in [-0.2, 0) is 5.60 Å². The Bertz CT molecular complexity index is 746. The maximum Gasteiger partial charge on any atom is 0.143 e. The van der Waals surface area contributed by atoms with Crippen LogP contribution >= 0.6 is 27.3 Å². The van der Waals surface area contributed by atoms with Crippen molar-refractivity contribution >= 4 is 37.4 Å². The first-order valence-corrected chi connectivity index (χ1v) is 7.77. The molecule has 0 spiro atoms. The van der Waals surface area contributed by atoms with E-state index in [4.69, 9.17) is 0 Å². The summed E-state index contributed by atoms with van der Waals surface area (Å²) >= 11 is 4.64. The molecule has 0 saturated heterocycles. The summed E-state index contributed by atoms with van der Waals surface area (Å²) in [6.07, 6.45) is 0. The number of thiophene rings is 1. The SMILES string of the molecule is CC(O)(c1cc2ccccc2s1)c1cccc(Br)c1F. The topological polar surface area (TPSA) is 20.2 Å². The lowest BCUT2D eigenvalue weighted by molar-refractivity contribution is 0.102. The Kier molecular flexibility index (Phi) is 3.40. The molecule has 0 aliphatic heterocycles. The lowest BCUT2D eigenvalue weighted by atomic mass is 9.93. The minimum atomic E-state index is -1.35. The van der Waals surface area contributed by atoms with E-state index in [1.807, 2.05) is 30.3 Å². The highest BCUT2D eigenvalue weighted by molar-refractivity contribution is 9.10.